The van der Waals surface area contributed by atoms with Gasteiger partial charge in [-0.1, -0.05) is 0 Å². The number of hydrogen-bond donors (Lipinski definition) is 1. The number of carbonyl (C=O) groups excluding carboxylic acids is 1. The van der Waals surface area contributed by atoms with Gasteiger partial charge in [-0.3, -0.25) is 14.5 Å². The van der Waals surface area contributed by atoms with Crippen molar-refractivity contribution in [3.63, 3.8) is 0 Å². The van der Waals surface area contributed by atoms with Crippen molar-refractivity contribution in [3.05, 3.63) is 46.0 Å². The normalized spacial score (nSPS) is 15.9. The Bertz CT molecular complexity index is 1150. The van der Waals surface area contributed by atoms with Crippen LogP contribution in [0.25, 0.3) is 10.9 Å². The number of nitrogens with zero attached hydrogens (tertiary/aromatic N) is 5. The van der Waals surface area contributed by atoms with Crippen molar-refractivity contribution >= 4 is 16.9 Å². The summed E-state index contributed by atoms with van der Waals surface area (Å²) in [6, 6.07) is 7.46. The van der Waals surface area contributed by atoms with Gasteiger partial charge in [0.15, 0.2) is 5.82 Å². The second kappa shape index (κ2) is 10.5. The fraction of sp³-hybridized carbons (Fsp3) is 0.500. The Kier molecular flexibility index (Phi) is 7.30. The van der Waals surface area contributed by atoms with Crippen LogP contribution in [0.4, 0.5) is 0 Å². The Morgan fingerprint density at radius 2 is 2.21 bits per heavy atom. The highest BCUT2D eigenvalue weighted by Crippen LogP contribution is 2.20. The number of ether oxygens (including phenoxy) is 3. The molecule has 1 aromatic carbocycles. The third kappa shape index (κ3) is 5.74. The van der Waals surface area contributed by atoms with Crippen molar-refractivity contribution < 1.29 is 19.0 Å². The van der Waals surface area contributed by atoms with Gasteiger partial charge in [-0.15, -0.1) is 5.10 Å². The number of esters is 1. The van der Waals surface area contributed by atoms with Gasteiger partial charge in [0.05, 0.1) is 31.9 Å². The summed E-state index contributed by atoms with van der Waals surface area (Å²) in [5, 5.41) is 12.6. The van der Waals surface area contributed by atoms with Crippen LogP contribution in [0, 0.1) is 0 Å². The number of aromatic nitrogens is 5. The van der Waals surface area contributed by atoms with Crippen molar-refractivity contribution in [1.29, 1.82) is 0 Å². The van der Waals surface area contributed by atoms with E-state index in [-0.39, 0.29) is 24.8 Å². The molecular weight excluding hydrogens is 428 g/mol. The highest BCUT2D eigenvalue weighted by molar-refractivity contribution is 5.80. The van der Waals surface area contributed by atoms with Crippen molar-refractivity contribution in [2.75, 3.05) is 26.9 Å². The highest BCUT2D eigenvalue weighted by atomic mass is 16.5. The minimum absolute atomic E-state index is 0.0671. The van der Waals surface area contributed by atoms with E-state index in [9.17, 15) is 9.59 Å². The first-order chi connectivity index (χ1) is 16.1. The number of rotatable bonds is 10. The van der Waals surface area contributed by atoms with Crippen molar-refractivity contribution in [1.82, 2.24) is 30.1 Å². The number of H-pyrrole nitrogens is 1. The molecular formula is C22H28N6O5. The van der Waals surface area contributed by atoms with Crippen LogP contribution in [-0.2, 0) is 33.9 Å². The Morgan fingerprint density at radius 3 is 2.97 bits per heavy atom. The summed E-state index contributed by atoms with van der Waals surface area (Å²) >= 11 is 0. The number of methoxy groups -OCH3 is 1. The molecule has 0 spiro atoms. The first-order valence-electron chi connectivity index (χ1n) is 11.0. The molecule has 0 aliphatic carbocycles. The van der Waals surface area contributed by atoms with Crippen LogP contribution in [0.3, 0.4) is 0 Å². The summed E-state index contributed by atoms with van der Waals surface area (Å²) in [4.78, 5) is 29.8. The molecule has 11 nitrogen and oxygen atoms in total. The van der Waals surface area contributed by atoms with Crippen LogP contribution in [0.5, 0.6) is 5.75 Å². The summed E-state index contributed by atoms with van der Waals surface area (Å²) in [5.41, 5.74) is 1.17. The summed E-state index contributed by atoms with van der Waals surface area (Å²) in [6.07, 6.45) is 2.04. The molecule has 4 rings (SSSR count). The van der Waals surface area contributed by atoms with Gasteiger partial charge in [0.25, 0.3) is 5.56 Å². The Morgan fingerprint density at radius 1 is 1.33 bits per heavy atom. The van der Waals surface area contributed by atoms with Crippen molar-refractivity contribution in [2.24, 2.45) is 0 Å². The molecule has 1 aliphatic heterocycles. The average Bonchev–Trinajstić information content (AvgIpc) is 3.46. The summed E-state index contributed by atoms with van der Waals surface area (Å²) in [6.45, 7) is 4.05. The molecule has 1 fully saturated rings. The standard InChI is InChI=1S/C22H28N6O5/c1-3-32-21(29)14-28-20(24-25-26-28)13-27(12-18-5-4-8-33-18)11-16-9-15-6-7-17(31-2)10-19(15)23-22(16)30/h6-7,9-10,18H,3-5,8,11-14H2,1-2H3,(H,23,30)/t18-/m0/s1. The molecule has 0 radical (unpaired) electrons. The third-order valence-electron chi connectivity index (χ3n) is 5.57. The Balaban J connectivity index is 1.57. The quantitative estimate of drug-likeness (QED) is 0.449. The fourth-order valence-corrected chi connectivity index (χ4v) is 3.96. The van der Waals surface area contributed by atoms with Gasteiger partial charge >= 0.3 is 5.97 Å². The number of carbonyl (C=O) groups is 1. The lowest BCUT2D eigenvalue weighted by Crippen LogP contribution is -2.34. The molecule has 176 valence electrons. The lowest BCUT2D eigenvalue weighted by Gasteiger charge is -2.24. The van der Waals surface area contributed by atoms with Crippen molar-refractivity contribution in [2.45, 2.75) is 45.5 Å². The van der Waals surface area contributed by atoms with E-state index in [2.05, 4.69) is 25.4 Å². The number of benzene rings is 1. The van der Waals surface area contributed by atoms with E-state index in [1.54, 1.807) is 20.1 Å². The van der Waals surface area contributed by atoms with Crippen LogP contribution in [0.1, 0.15) is 31.2 Å². The van der Waals surface area contributed by atoms with E-state index in [1.165, 1.54) is 4.68 Å². The maximum absolute atomic E-state index is 12.8. The Labute approximate surface area is 190 Å². The number of aromatic amines is 1. The van der Waals surface area contributed by atoms with E-state index < -0.39 is 5.97 Å². The molecule has 0 saturated carbocycles. The predicted octanol–water partition coefficient (Wildman–Crippen LogP) is 1.27. The molecule has 0 unspecified atom stereocenters. The maximum atomic E-state index is 12.8. The van der Waals surface area contributed by atoms with Gasteiger partial charge in [-0.05, 0) is 53.8 Å². The summed E-state index contributed by atoms with van der Waals surface area (Å²) in [7, 11) is 1.59. The second-order valence-corrected chi connectivity index (χ2v) is 7.94. The molecule has 3 heterocycles. The molecule has 1 atom stereocenters. The van der Waals surface area contributed by atoms with Gasteiger partial charge in [-0.2, -0.15) is 0 Å². The monoisotopic (exact) mass is 456 g/mol. The van der Waals surface area contributed by atoms with Gasteiger partial charge < -0.3 is 19.2 Å². The summed E-state index contributed by atoms with van der Waals surface area (Å²) in [5.74, 6) is 0.792. The zero-order chi connectivity index (χ0) is 23.2. The summed E-state index contributed by atoms with van der Waals surface area (Å²) < 4.78 is 17.5. The molecule has 1 N–H and O–H groups in total. The van der Waals surface area contributed by atoms with Crippen LogP contribution in [0.2, 0.25) is 0 Å². The van der Waals surface area contributed by atoms with E-state index in [0.29, 0.717) is 42.3 Å². The van der Waals surface area contributed by atoms with Gasteiger partial charge in [0.2, 0.25) is 0 Å². The average molecular weight is 457 g/mol. The molecule has 0 amide bonds. The first-order valence-corrected chi connectivity index (χ1v) is 11.0. The van der Waals surface area contributed by atoms with E-state index in [4.69, 9.17) is 14.2 Å². The minimum atomic E-state index is -0.405. The number of pyridine rings is 1. The molecule has 1 aliphatic rings. The van der Waals surface area contributed by atoms with E-state index >= 15 is 0 Å². The van der Waals surface area contributed by atoms with Crippen molar-refractivity contribution in [3.8, 4) is 5.75 Å². The SMILES string of the molecule is CCOC(=O)Cn1nnnc1CN(Cc1cc2ccc(OC)cc2[nH]c1=O)C[C@@H]1CCCO1. The molecule has 2 aromatic heterocycles. The maximum Gasteiger partial charge on any atom is 0.327 e. The third-order valence-corrected chi connectivity index (χ3v) is 5.57. The van der Waals surface area contributed by atoms with Gasteiger partial charge in [-0.25, -0.2) is 4.68 Å². The van der Waals surface area contributed by atoms with Gasteiger partial charge in [0.1, 0.15) is 12.3 Å². The smallest absolute Gasteiger partial charge is 0.327 e. The number of fused-ring (bicyclic) bond motifs is 1. The minimum Gasteiger partial charge on any atom is -0.497 e. The van der Waals surface area contributed by atoms with E-state index in [1.807, 2.05) is 18.2 Å². The first kappa shape index (κ1) is 22.9. The van der Waals surface area contributed by atoms with Crippen LogP contribution < -0.4 is 10.3 Å². The van der Waals surface area contributed by atoms with Crippen LogP contribution >= 0.6 is 0 Å². The van der Waals surface area contributed by atoms with Crippen LogP contribution in [0.15, 0.2) is 29.1 Å². The largest absolute Gasteiger partial charge is 0.497 e. The number of nitrogens with one attached hydrogen (secondary N) is 1. The lowest BCUT2D eigenvalue weighted by atomic mass is 10.1. The number of hydrogen-bond acceptors (Lipinski definition) is 9. The highest BCUT2D eigenvalue weighted by Gasteiger charge is 2.23. The molecule has 11 heteroatoms. The predicted molar refractivity (Wildman–Crippen MR) is 119 cm³/mol. The fourth-order valence-electron chi connectivity index (χ4n) is 3.96. The zero-order valence-corrected chi connectivity index (χ0v) is 18.8. The second-order valence-electron chi connectivity index (χ2n) is 7.94. The van der Waals surface area contributed by atoms with Crippen LogP contribution in [-0.4, -0.2) is 69.0 Å². The zero-order valence-electron chi connectivity index (χ0n) is 18.8. The van der Waals surface area contributed by atoms with Gasteiger partial charge in [0, 0.05) is 31.3 Å². The lowest BCUT2D eigenvalue weighted by molar-refractivity contribution is -0.144. The number of tetrazole rings is 1. The topological polar surface area (TPSA) is 124 Å². The van der Waals surface area contributed by atoms with E-state index in [0.717, 1.165) is 24.8 Å². The Hall–Kier alpha value is -3.31. The molecule has 1 saturated heterocycles. The molecule has 3 aromatic rings. The molecule has 0 bridgehead atoms. The molecule has 33 heavy (non-hydrogen) atoms.